The Morgan fingerprint density at radius 2 is 1.63 bits per heavy atom. The fourth-order valence-electron chi connectivity index (χ4n) is 5.86. The topological polar surface area (TPSA) is 9.23 Å². The molecule has 4 rings (SSSR count). The van der Waals surface area contributed by atoms with Gasteiger partial charge in [0.1, 0.15) is 5.75 Å². The van der Waals surface area contributed by atoms with Gasteiger partial charge in [-0.2, -0.15) is 0 Å². The highest BCUT2D eigenvalue weighted by Crippen LogP contribution is 2.48. The summed E-state index contributed by atoms with van der Waals surface area (Å²) in [7, 11) is 1.74. The molecule has 0 N–H and O–H groups in total. The first-order valence-corrected chi connectivity index (χ1v) is 11.3. The first-order valence-electron chi connectivity index (χ1n) is 11.3. The maximum Gasteiger partial charge on any atom is 0.119 e. The Hall–Kier alpha value is -1.50. The standard InChI is InChI=1S/C26H36O/c1-3-4-5-6-19-7-8-21-16-22(10-9-20(21)15-19)23-11-12-25-18-26(27-2)14-13-24(25)17-23/h11-14,17-22H,3-10,15-16H2,1-2H3. The molecular weight excluding hydrogens is 328 g/mol. The highest BCUT2D eigenvalue weighted by molar-refractivity contribution is 5.84. The molecular formula is C26H36O. The van der Waals surface area contributed by atoms with Crippen molar-refractivity contribution in [3.63, 3.8) is 0 Å². The molecule has 1 heteroatoms. The van der Waals surface area contributed by atoms with Gasteiger partial charge in [0.05, 0.1) is 7.11 Å². The van der Waals surface area contributed by atoms with Crippen LogP contribution in [-0.4, -0.2) is 7.11 Å². The number of hydrogen-bond acceptors (Lipinski definition) is 1. The van der Waals surface area contributed by atoms with Crippen molar-refractivity contribution >= 4 is 10.8 Å². The molecule has 2 aliphatic carbocycles. The van der Waals surface area contributed by atoms with Gasteiger partial charge in [-0.25, -0.2) is 0 Å². The zero-order valence-corrected chi connectivity index (χ0v) is 17.3. The molecule has 0 bridgehead atoms. The Morgan fingerprint density at radius 3 is 2.48 bits per heavy atom. The molecule has 4 atom stereocenters. The van der Waals surface area contributed by atoms with E-state index in [1.807, 2.05) is 0 Å². The Kier molecular flexibility index (Phi) is 6.05. The van der Waals surface area contributed by atoms with Gasteiger partial charge in [0, 0.05) is 0 Å². The van der Waals surface area contributed by atoms with Crippen molar-refractivity contribution < 1.29 is 4.74 Å². The average Bonchev–Trinajstić information content (AvgIpc) is 2.72. The number of unbranched alkanes of at least 4 members (excludes halogenated alkanes) is 2. The molecule has 0 radical (unpaired) electrons. The van der Waals surface area contributed by atoms with Gasteiger partial charge in [0.25, 0.3) is 0 Å². The molecule has 2 aromatic rings. The van der Waals surface area contributed by atoms with E-state index in [1.54, 1.807) is 12.7 Å². The van der Waals surface area contributed by atoms with Crippen LogP contribution in [0, 0.1) is 17.8 Å². The molecule has 2 fully saturated rings. The van der Waals surface area contributed by atoms with Gasteiger partial charge in [-0.15, -0.1) is 0 Å². The minimum Gasteiger partial charge on any atom is -0.497 e. The van der Waals surface area contributed by atoms with E-state index in [-0.39, 0.29) is 0 Å². The third kappa shape index (κ3) is 4.33. The highest BCUT2D eigenvalue weighted by atomic mass is 16.5. The largest absolute Gasteiger partial charge is 0.497 e. The van der Waals surface area contributed by atoms with Gasteiger partial charge in [-0.05, 0) is 84.2 Å². The summed E-state index contributed by atoms with van der Waals surface area (Å²) in [5.41, 5.74) is 1.57. The van der Waals surface area contributed by atoms with E-state index < -0.39 is 0 Å². The molecule has 2 aromatic carbocycles. The number of fused-ring (bicyclic) bond motifs is 2. The minimum atomic E-state index is 0.773. The second-order valence-electron chi connectivity index (χ2n) is 9.18. The number of methoxy groups -OCH3 is 1. The first kappa shape index (κ1) is 18.8. The summed E-state index contributed by atoms with van der Waals surface area (Å²) >= 11 is 0. The summed E-state index contributed by atoms with van der Waals surface area (Å²) in [5.74, 6) is 4.76. The van der Waals surface area contributed by atoms with Gasteiger partial charge in [-0.3, -0.25) is 0 Å². The molecule has 2 saturated carbocycles. The van der Waals surface area contributed by atoms with Crippen LogP contribution in [0.5, 0.6) is 5.75 Å². The summed E-state index contributed by atoms with van der Waals surface area (Å²) in [4.78, 5) is 0. The highest BCUT2D eigenvalue weighted by Gasteiger charge is 2.35. The molecule has 0 spiro atoms. The lowest BCUT2D eigenvalue weighted by Gasteiger charge is -2.42. The maximum absolute atomic E-state index is 5.37. The molecule has 0 aromatic heterocycles. The second kappa shape index (κ2) is 8.67. The van der Waals surface area contributed by atoms with Crippen molar-refractivity contribution in [2.75, 3.05) is 7.11 Å². The molecule has 146 valence electrons. The number of hydrogen-bond donors (Lipinski definition) is 0. The SMILES string of the molecule is CCCCCC1CCC2CC(c3ccc4cc(OC)ccc4c3)CCC2C1. The normalized spacial score (nSPS) is 28.1. The quantitative estimate of drug-likeness (QED) is 0.476. The van der Waals surface area contributed by atoms with Crippen molar-refractivity contribution in [2.24, 2.45) is 17.8 Å². The van der Waals surface area contributed by atoms with Crippen LogP contribution in [0.2, 0.25) is 0 Å². The van der Waals surface area contributed by atoms with E-state index in [2.05, 4.69) is 43.3 Å². The molecule has 1 nitrogen and oxygen atoms in total. The van der Waals surface area contributed by atoms with Crippen LogP contribution in [0.1, 0.15) is 82.6 Å². The van der Waals surface area contributed by atoms with Crippen LogP contribution < -0.4 is 4.74 Å². The van der Waals surface area contributed by atoms with Gasteiger partial charge >= 0.3 is 0 Å². The van der Waals surface area contributed by atoms with Crippen molar-refractivity contribution in [1.82, 2.24) is 0 Å². The Labute approximate surface area is 165 Å². The lowest BCUT2D eigenvalue weighted by atomic mass is 9.63. The van der Waals surface area contributed by atoms with Crippen LogP contribution in [0.25, 0.3) is 10.8 Å². The molecule has 2 aliphatic rings. The lowest BCUT2D eigenvalue weighted by molar-refractivity contribution is 0.113. The number of benzene rings is 2. The zero-order chi connectivity index (χ0) is 18.6. The van der Waals surface area contributed by atoms with Crippen LogP contribution in [-0.2, 0) is 0 Å². The van der Waals surface area contributed by atoms with Crippen molar-refractivity contribution in [3.05, 3.63) is 42.0 Å². The molecule has 0 saturated heterocycles. The fraction of sp³-hybridized carbons (Fsp3) is 0.615. The zero-order valence-electron chi connectivity index (χ0n) is 17.3. The molecule has 27 heavy (non-hydrogen) atoms. The fourth-order valence-corrected chi connectivity index (χ4v) is 5.86. The number of ether oxygens (including phenoxy) is 1. The van der Waals surface area contributed by atoms with Crippen LogP contribution >= 0.6 is 0 Å². The van der Waals surface area contributed by atoms with Gasteiger partial charge in [0.2, 0.25) is 0 Å². The molecule has 4 unspecified atom stereocenters. The first-order chi connectivity index (χ1) is 13.3. The van der Waals surface area contributed by atoms with Crippen LogP contribution in [0.4, 0.5) is 0 Å². The van der Waals surface area contributed by atoms with Crippen molar-refractivity contribution in [2.45, 2.75) is 77.0 Å². The summed E-state index contributed by atoms with van der Waals surface area (Å²) in [6.07, 6.45) is 14.5. The second-order valence-corrected chi connectivity index (χ2v) is 9.18. The van der Waals surface area contributed by atoms with E-state index in [0.717, 1.165) is 29.4 Å². The van der Waals surface area contributed by atoms with Gasteiger partial charge in [0.15, 0.2) is 0 Å². The third-order valence-corrected chi connectivity index (χ3v) is 7.48. The summed E-state index contributed by atoms with van der Waals surface area (Å²) in [5, 5.41) is 2.65. The predicted octanol–water partition coefficient (Wildman–Crippen LogP) is 7.73. The van der Waals surface area contributed by atoms with E-state index in [1.165, 1.54) is 75.0 Å². The van der Waals surface area contributed by atoms with E-state index >= 15 is 0 Å². The Balaban J connectivity index is 1.39. The average molecular weight is 365 g/mol. The van der Waals surface area contributed by atoms with Gasteiger partial charge in [-0.1, -0.05) is 63.3 Å². The number of rotatable bonds is 6. The summed E-state index contributed by atoms with van der Waals surface area (Å²) in [6, 6.07) is 13.6. The smallest absolute Gasteiger partial charge is 0.119 e. The predicted molar refractivity (Wildman–Crippen MR) is 116 cm³/mol. The van der Waals surface area contributed by atoms with Crippen molar-refractivity contribution in [1.29, 1.82) is 0 Å². The van der Waals surface area contributed by atoms with E-state index in [9.17, 15) is 0 Å². The Bertz CT molecular complexity index is 749. The van der Waals surface area contributed by atoms with E-state index in [4.69, 9.17) is 4.74 Å². The van der Waals surface area contributed by atoms with Crippen molar-refractivity contribution in [3.8, 4) is 5.75 Å². The minimum absolute atomic E-state index is 0.773. The Morgan fingerprint density at radius 1 is 0.852 bits per heavy atom. The molecule has 0 amide bonds. The third-order valence-electron chi connectivity index (χ3n) is 7.48. The lowest BCUT2D eigenvalue weighted by Crippen LogP contribution is -2.30. The van der Waals surface area contributed by atoms with Gasteiger partial charge < -0.3 is 4.74 Å². The summed E-state index contributed by atoms with van der Waals surface area (Å²) in [6.45, 7) is 2.32. The molecule has 0 aliphatic heterocycles. The van der Waals surface area contributed by atoms with E-state index in [0.29, 0.717) is 0 Å². The molecule has 0 heterocycles. The maximum atomic E-state index is 5.37. The monoisotopic (exact) mass is 364 g/mol. The summed E-state index contributed by atoms with van der Waals surface area (Å²) < 4.78 is 5.37. The van der Waals surface area contributed by atoms with Crippen LogP contribution in [0.15, 0.2) is 36.4 Å². The van der Waals surface area contributed by atoms with Crippen LogP contribution in [0.3, 0.4) is 0 Å².